The van der Waals surface area contributed by atoms with Crippen LogP contribution in [0.1, 0.15) is 38.9 Å². The number of nitrogens with one attached hydrogen (secondary N) is 2. The minimum Gasteiger partial charge on any atom is -0.391 e. The van der Waals surface area contributed by atoms with Crippen LogP contribution in [0.2, 0.25) is 0 Å². The van der Waals surface area contributed by atoms with E-state index in [0.717, 1.165) is 0 Å². The predicted octanol–water partition coefficient (Wildman–Crippen LogP) is 1.32. The van der Waals surface area contributed by atoms with Crippen LogP contribution in [0.3, 0.4) is 0 Å². The van der Waals surface area contributed by atoms with Crippen LogP contribution in [0.5, 0.6) is 0 Å². The molecule has 0 radical (unpaired) electrons. The Hall–Kier alpha value is -3.01. The van der Waals surface area contributed by atoms with E-state index in [2.05, 4.69) is 20.9 Å². The molecule has 0 saturated carbocycles. The van der Waals surface area contributed by atoms with Crippen LogP contribution in [0.25, 0.3) is 0 Å². The van der Waals surface area contributed by atoms with Gasteiger partial charge in [0, 0.05) is 25.7 Å². The van der Waals surface area contributed by atoms with Crippen LogP contribution >= 0.6 is 0 Å². The van der Waals surface area contributed by atoms with Gasteiger partial charge < -0.3 is 20.6 Å². The third-order valence-corrected chi connectivity index (χ3v) is 5.29. The number of likely N-dealkylation sites (tertiary alicyclic amines) is 1. The van der Waals surface area contributed by atoms with E-state index in [1.807, 2.05) is 20.8 Å². The Bertz CT molecular complexity index is 941. The average molecular weight is 433 g/mol. The smallest absolute Gasteiger partial charge is 0.248 e. The maximum Gasteiger partial charge on any atom is 0.248 e. The Morgan fingerprint density at radius 2 is 2.10 bits per heavy atom. The fraction of sp³-hybridized carbons (Fsp3) is 0.524. The number of nitrogens with zero attached hydrogens (tertiary/aromatic N) is 4. The van der Waals surface area contributed by atoms with Crippen molar-refractivity contribution in [2.45, 2.75) is 51.9 Å². The fourth-order valence-corrected chi connectivity index (χ4v) is 3.82. The maximum absolute atomic E-state index is 13.5. The molecule has 9 nitrogen and oxygen atoms in total. The molecule has 1 aliphatic heterocycles. The lowest BCUT2D eigenvalue weighted by Crippen LogP contribution is -2.49. The second-order valence-electron chi connectivity index (χ2n) is 8.83. The minimum atomic E-state index is -0.756. The van der Waals surface area contributed by atoms with Crippen molar-refractivity contribution in [2.75, 3.05) is 18.9 Å². The van der Waals surface area contributed by atoms with Gasteiger partial charge in [0.25, 0.3) is 0 Å². The summed E-state index contributed by atoms with van der Waals surface area (Å²) in [6, 6.07) is 4.64. The van der Waals surface area contributed by atoms with Crippen LogP contribution in [0.15, 0.2) is 30.5 Å². The zero-order valence-electron chi connectivity index (χ0n) is 18.2. The molecular formula is C21H29FN6O3. The van der Waals surface area contributed by atoms with Crippen LogP contribution in [0, 0.1) is 11.2 Å². The molecule has 0 spiro atoms. The minimum absolute atomic E-state index is 0.0895. The number of aliphatic hydroxyl groups excluding tert-OH is 1. The van der Waals surface area contributed by atoms with Crippen molar-refractivity contribution >= 4 is 17.5 Å². The van der Waals surface area contributed by atoms with E-state index in [1.165, 1.54) is 28.8 Å². The van der Waals surface area contributed by atoms with Gasteiger partial charge in [-0.1, -0.05) is 32.1 Å². The van der Waals surface area contributed by atoms with E-state index >= 15 is 0 Å². The van der Waals surface area contributed by atoms with Gasteiger partial charge in [-0.05, 0) is 23.6 Å². The molecule has 1 fully saturated rings. The molecule has 1 aromatic heterocycles. The molecule has 2 amide bonds. The Balaban J connectivity index is 1.80. The van der Waals surface area contributed by atoms with E-state index in [4.69, 9.17) is 0 Å². The van der Waals surface area contributed by atoms with Crippen molar-refractivity contribution in [1.29, 1.82) is 0 Å². The number of hydrogen-bond acceptors (Lipinski definition) is 6. The summed E-state index contributed by atoms with van der Waals surface area (Å²) in [4.78, 5) is 27.2. The van der Waals surface area contributed by atoms with Gasteiger partial charge in [-0.15, -0.1) is 5.10 Å². The lowest BCUT2D eigenvalue weighted by atomic mass is 9.85. The highest BCUT2D eigenvalue weighted by Crippen LogP contribution is 2.34. The van der Waals surface area contributed by atoms with E-state index < -0.39 is 23.6 Å². The molecule has 0 aliphatic carbocycles. The van der Waals surface area contributed by atoms with Crippen LogP contribution in [-0.2, 0) is 16.1 Å². The van der Waals surface area contributed by atoms with Crippen molar-refractivity contribution in [2.24, 2.45) is 5.41 Å². The summed E-state index contributed by atoms with van der Waals surface area (Å²) >= 11 is 0. The molecule has 1 saturated heterocycles. The molecule has 3 N–H and O–H groups in total. The Labute approximate surface area is 180 Å². The molecule has 0 bridgehead atoms. The monoisotopic (exact) mass is 432 g/mol. The number of aromatic nitrogens is 3. The van der Waals surface area contributed by atoms with E-state index in [1.54, 1.807) is 18.3 Å². The first-order valence-electron chi connectivity index (χ1n) is 10.2. The van der Waals surface area contributed by atoms with Gasteiger partial charge in [-0.3, -0.25) is 9.59 Å². The molecule has 10 heteroatoms. The van der Waals surface area contributed by atoms with Gasteiger partial charge in [0.2, 0.25) is 11.8 Å². The number of β-amino-alcohol motifs (C(OH)–C–C–N with tert-alkyl or cyclic N) is 1. The van der Waals surface area contributed by atoms with E-state index in [0.29, 0.717) is 17.9 Å². The number of anilines is 1. The van der Waals surface area contributed by atoms with Gasteiger partial charge in [0.05, 0.1) is 18.8 Å². The summed E-state index contributed by atoms with van der Waals surface area (Å²) in [7, 11) is 1.51. The van der Waals surface area contributed by atoms with Gasteiger partial charge in [0.15, 0.2) is 0 Å². The molecule has 3 atom stereocenters. The second kappa shape index (κ2) is 9.01. The molecular weight excluding hydrogens is 403 g/mol. The molecule has 2 aromatic rings. The molecule has 31 heavy (non-hydrogen) atoms. The van der Waals surface area contributed by atoms with Crippen LogP contribution in [-0.4, -0.2) is 62.6 Å². The Morgan fingerprint density at radius 3 is 2.74 bits per heavy atom. The number of carbonyl (C=O) groups excluding carboxylic acids is 2. The number of amides is 2. The number of aliphatic hydroxyl groups is 1. The first-order chi connectivity index (χ1) is 14.6. The third-order valence-electron chi connectivity index (χ3n) is 5.29. The van der Waals surface area contributed by atoms with Crippen molar-refractivity contribution in [3.8, 4) is 0 Å². The molecule has 2 unspecified atom stereocenters. The molecule has 168 valence electrons. The molecule has 3 rings (SSSR count). The highest BCUT2D eigenvalue weighted by Gasteiger charge is 2.44. The molecule has 1 aliphatic rings. The van der Waals surface area contributed by atoms with Gasteiger partial charge in [-0.25, -0.2) is 9.07 Å². The molecule has 1 aromatic carbocycles. The first kappa shape index (κ1) is 22.7. The number of carbonyl (C=O) groups is 2. The summed E-state index contributed by atoms with van der Waals surface area (Å²) in [5.41, 5.74) is 0.659. The Kier molecular flexibility index (Phi) is 6.59. The lowest BCUT2D eigenvalue weighted by Gasteiger charge is -2.34. The zero-order valence-corrected chi connectivity index (χ0v) is 18.2. The van der Waals surface area contributed by atoms with Gasteiger partial charge >= 0.3 is 0 Å². The fourth-order valence-electron chi connectivity index (χ4n) is 3.82. The number of halogens is 1. The maximum atomic E-state index is 13.5. The van der Waals surface area contributed by atoms with Crippen molar-refractivity contribution in [3.63, 3.8) is 0 Å². The largest absolute Gasteiger partial charge is 0.391 e. The number of rotatable bonds is 6. The van der Waals surface area contributed by atoms with Crippen molar-refractivity contribution < 1.29 is 19.1 Å². The van der Waals surface area contributed by atoms with Crippen molar-refractivity contribution in [1.82, 2.24) is 25.2 Å². The van der Waals surface area contributed by atoms with Crippen molar-refractivity contribution in [3.05, 3.63) is 42.0 Å². The quantitative estimate of drug-likeness (QED) is 0.635. The Morgan fingerprint density at radius 1 is 1.35 bits per heavy atom. The standard InChI is InChI=1S/C21H29FN6O3/c1-21(2,3)18(20(31)27-12-16(29)9-17(27)19(30)23-4)28-11-15(25-26-28)10-24-14-7-5-6-13(22)8-14/h5-8,11,16-18,24,29H,9-10,12H2,1-4H3,(H,23,30)/t16?,17-,18?/m1/s1. The topological polar surface area (TPSA) is 112 Å². The number of likely N-dealkylation sites (N-methyl/N-ethyl adjacent to an activating group) is 1. The highest BCUT2D eigenvalue weighted by atomic mass is 19.1. The van der Waals surface area contributed by atoms with Gasteiger partial charge in [-0.2, -0.15) is 0 Å². The number of hydrogen-bond donors (Lipinski definition) is 3. The third kappa shape index (κ3) is 5.19. The SMILES string of the molecule is CNC(=O)[C@H]1CC(O)CN1C(=O)C(n1cc(CNc2cccc(F)c2)nn1)C(C)(C)C. The zero-order chi connectivity index (χ0) is 22.8. The van der Waals surface area contributed by atoms with E-state index in [-0.39, 0.29) is 30.6 Å². The summed E-state index contributed by atoms with van der Waals surface area (Å²) in [6.07, 6.45) is 1.11. The van der Waals surface area contributed by atoms with Crippen LogP contribution < -0.4 is 10.6 Å². The van der Waals surface area contributed by atoms with E-state index in [9.17, 15) is 19.1 Å². The number of benzene rings is 1. The summed E-state index contributed by atoms with van der Waals surface area (Å²) in [5, 5.41) is 24.0. The summed E-state index contributed by atoms with van der Waals surface area (Å²) in [6.45, 7) is 6.11. The normalized spacial score (nSPS) is 19.9. The highest BCUT2D eigenvalue weighted by molar-refractivity contribution is 5.90. The molecule has 2 heterocycles. The first-order valence-corrected chi connectivity index (χ1v) is 10.2. The summed E-state index contributed by atoms with van der Waals surface area (Å²) in [5.74, 6) is -0.950. The second-order valence-corrected chi connectivity index (χ2v) is 8.83. The van der Waals surface area contributed by atoms with Gasteiger partial charge in [0.1, 0.15) is 23.6 Å². The lowest BCUT2D eigenvalue weighted by molar-refractivity contribution is -0.144. The summed E-state index contributed by atoms with van der Waals surface area (Å²) < 4.78 is 14.8. The average Bonchev–Trinajstić information content (AvgIpc) is 3.31. The predicted molar refractivity (Wildman–Crippen MR) is 112 cm³/mol. The van der Waals surface area contributed by atoms with Crippen LogP contribution in [0.4, 0.5) is 10.1 Å².